The number of hydrogen-bond acceptors (Lipinski definition) is 10. The number of nitro benzene ring substituents is 2. The molecule has 1 aliphatic rings. The number of thioether (sulfide) groups is 1. The van der Waals surface area contributed by atoms with Gasteiger partial charge in [-0.3, -0.25) is 30.4 Å². The van der Waals surface area contributed by atoms with Crippen molar-refractivity contribution in [2.75, 3.05) is 19.6 Å². The molecule has 160 valence electrons. The minimum Gasteiger partial charge on any atom is -0.497 e. The van der Waals surface area contributed by atoms with E-state index in [9.17, 15) is 25.0 Å². The second-order valence-electron chi connectivity index (χ2n) is 5.95. The van der Waals surface area contributed by atoms with Crippen molar-refractivity contribution in [3.05, 3.63) is 67.1 Å². The minimum atomic E-state index is -0.787. The monoisotopic (exact) mass is 462 g/mol. The lowest BCUT2D eigenvalue weighted by Gasteiger charge is -2.16. The molecule has 0 bridgehead atoms. The molecule has 31 heavy (non-hydrogen) atoms. The highest BCUT2D eigenvalue weighted by Gasteiger charge is 2.34. The van der Waals surface area contributed by atoms with Gasteiger partial charge in [0, 0.05) is 17.7 Å². The van der Waals surface area contributed by atoms with Crippen LogP contribution in [-0.4, -0.2) is 39.3 Å². The first-order valence-corrected chi connectivity index (χ1v) is 9.67. The first-order chi connectivity index (χ1) is 14.7. The summed E-state index contributed by atoms with van der Waals surface area (Å²) in [7, 11) is 3.00. The van der Waals surface area contributed by atoms with Crippen LogP contribution in [0.4, 0.5) is 17.1 Å². The first kappa shape index (κ1) is 22.0. The molecule has 11 nitrogen and oxygen atoms in total. The fourth-order valence-electron chi connectivity index (χ4n) is 2.64. The lowest BCUT2D eigenvalue weighted by atomic mass is 10.1. The van der Waals surface area contributed by atoms with E-state index >= 15 is 0 Å². The maximum absolute atomic E-state index is 12.8. The first-order valence-electron chi connectivity index (χ1n) is 8.44. The molecule has 1 N–H and O–H groups in total. The van der Waals surface area contributed by atoms with Crippen molar-refractivity contribution in [2.24, 2.45) is 0 Å². The topological polar surface area (TPSA) is 137 Å². The Kier molecular flexibility index (Phi) is 6.36. The Morgan fingerprint density at radius 1 is 1.10 bits per heavy atom. The second kappa shape index (κ2) is 8.97. The van der Waals surface area contributed by atoms with E-state index in [0.29, 0.717) is 17.1 Å². The van der Waals surface area contributed by atoms with Gasteiger partial charge in [0.15, 0.2) is 4.32 Å². The van der Waals surface area contributed by atoms with Gasteiger partial charge in [-0.15, -0.1) is 0 Å². The summed E-state index contributed by atoms with van der Waals surface area (Å²) in [5.74, 6) is 0.512. The number of non-ortho nitro benzene ring substituents is 1. The van der Waals surface area contributed by atoms with Gasteiger partial charge in [0.05, 0.1) is 35.0 Å². The Bertz CT molecular complexity index is 1140. The second-order valence-corrected chi connectivity index (χ2v) is 7.63. The van der Waals surface area contributed by atoms with Gasteiger partial charge in [0.1, 0.15) is 17.2 Å². The number of nitrogens with one attached hydrogen (secondary N) is 1. The van der Waals surface area contributed by atoms with Gasteiger partial charge in [0.25, 0.3) is 11.6 Å². The summed E-state index contributed by atoms with van der Waals surface area (Å²) in [5.41, 5.74) is 2.06. The van der Waals surface area contributed by atoms with Crippen LogP contribution in [0, 0.1) is 20.2 Å². The zero-order valence-electron chi connectivity index (χ0n) is 16.1. The maximum atomic E-state index is 12.8. The van der Waals surface area contributed by atoms with Gasteiger partial charge < -0.3 is 9.47 Å². The van der Waals surface area contributed by atoms with E-state index < -0.39 is 27.1 Å². The lowest BCUT2D eigenvalue weighted by molar-refractivity contribution is -0.393. The summed E-state index contributed by atoms with van der Waals surface area (Å²) < 4.78 is 10.6. The average Bonchev–Trinajstić information content (AvgIpc) is 3.01. The molecule has 0 atom stereocenters. The van der Waals surface area contributed by atoms with Crippen LogP contribution in [0.25, 0.3) is 6.08 Å². The number of benzene rings is 2. The molecule has 1 fully saturated rings. The van der Waals surface area contributed by atoms with Gasteiger partial charge in [0.2, 0.25) is 0 Å². The fraction of sp³-hybridized carbons (Fsp3) is 0.111. The number of carbonyl (C=O) groups is 1. The third kappa shape index (κ3) is 4.57. The molecule has 0 aliphatic carbocycles. The van der Waals surface area contributed by atoms with E-state index in [-0.39, 0.29) is 14.9 Å². The van der Waals surface area contributed by atoms with Crippen LogP contribution in [0.1, 0.15) is 5.56 Å². The Labute approximate surface area is 184 Å². The molecule has 1 aliphatic heterocycles. The molecule has 2 aromatic carbocycles. The van der Waals surface area contributed by atoms with E-state index in [0.717, 1.165) is 35.0 Å². The number of anilines is 1. The number of nitro groups is 2. The quantitative estimate of drug-likeness (QED) is 0.280. The Hall–Kier alpha value is -3.71. The average molecular weight is 462 g/mol. The van der Waals surface area contributed by atoms with Crippen LogP contribution in [-0.2, 0) is 4.79 Å². The molecule has 13 heteroatoms. The van der Waals surface area contributed by atoms with Crippen LogP contribution < -0.4 is 14.9 Å². The van der Waals surface area contributed by atoms with Crippen molar-refractivity contribution in [1.29, 1.82) is 0 Å². The lowest BCUT2D eigenvalue weighted by Crippen LogP contribution is -2.34. The summed E-state index contributed by atoms with van der Waals surface area (Å²) in [6.07, 6.45) is 1.57. The number of hydrogen-bond donors (Lipinski definition) is 1. The summed E-state index contributed by atoms with van der Waals surface area (Å²) in [4.78, 5) is 33.8. The number of methoxy groups -OCH3 is 2. The standard InChI is InChI=1S/C18H14N4O7S2/c1-28-12-5-3-10(15(9-12)29-2)7-16-17(23)20(18(30)31-16)19-13-6-4-11(21(24)25)8-14(13)22(26)27/h3-9,19H,1-2H3. The molecule has 2 aromatic rings. The smallest absolute Gasteiger partial charge is 0.300 e. The van der Waals surface area contributed by atoms with Gasteiger partial charge in [-0.1, -0.05) is 11.8 Å². The van der Waals surface area contributed by atoms with Gasteiger partial charge in [-0.25, -0.2) is 5.01 Å². The van der Waals surface area contributed by atoms with Crippen molar-refractivity contribution >= 4 is 57.3 Å². The van der Waals surface area contributed by atoms with E-state index in [1.165, 1.54) is 14.2 Å². The molecule has 0 unspecified atom stereocenters. The van der Waals surface area contributed by atoms with E-state index in [1.54, 1.807) is 24.3 Å². The Morgan fingerprint density at radius 2 is 1.84 bits per heavy atom. The highest BCUT2D eigenvalue weighted by molar-refractivity contribution is 8.26. The molecule has 3 rings (SSSR count). The van der Waals surface area contributed by atoms with Gasteiger partial charge >= 0.3 is 5.69 Å². The molecular weight excluding hydrogens is 448 g/mol. The van der Waals surface area contributed by atoms with Crippen LogP contribution in [0.5, 0.6) is 11.5 Å². The van der Waals surface area contributed by atoms with Crippen molar-refractivity contribution in [3.63, 3.8) is 0 Å². The zero-order valence-corrected chi connectivity index (χ0v) is 17.7. The van der Waals surface area contributed by atoms with Crippen LogP contribution >= 0.6 is 24.0 Å². The van der Waals surface area contributed by atoms with Crippen LogP contribution in [0.3, 0.4) is 0 Å². The molecule has 1 amide bonds. The normalized spacial score (nSPS) is 14.6. The highest BCUT2D eigenvalue weighted by Crippen LogP contribution is 2.37. The number of thiocarbonyl (C=S) groups is 1. The largest absolute Gasteiger partial charge is 0.497 e. The summed E-state index contributed by atoms with van der Waals surface area (Å²) in [6, 6.07) is 8.10. The zero-order chi connectivity index (χ0) is 22.7. The third-order valence-electron chi connectivity index (χ3n) is 4.14. The number of rotatable bonds is 7. The van der Waals surface area contributed by atoms with Crippen molar-refractivity contribution < 1.29 is 24.1 Å². The predicted octanol–water partition coefficient (Wildman–Crippen LogP) is 3.75. The maximum Gasteiger partial charge on any atom is 0.300 e. The number of amides is 1. The predicted molar refractivity (Wildman–Crippen MR) is 118 cm³/mol. The van der Waals surface area contributed by atoms with Crippen LogP contribution in [0.2, 0.25) is 0 Å². The molecule has 0 aromatic heterocycles. The minimum absolute atomic E-state index is 0.108. The Morgan fingerprint density at radius 3 is 2.45 bits per heavy atom. The number of nitrogens with zero attached hydrogens (tertiary/aromatic N) is 3. The number of hydrazine groups is 1. The van der Waals surface area contributed by atoms with Gasteiger partial charge in [-0.2, -0.15) is 0 Å². The van der Waals surface area contributed by atoms with Crippen molar-refractivity contribution in [3.8, 4) is 11.5 Å². The highest BCUT2D eigenvalue weighted by atomic mass is 32.2. The van der Waals surface area contributed by atoms with Gasteiger partial charge in [-0.05, 0) is 36.5 Å². The molecule has 0 saturated carbocycles. The fourth-order valence-corrected chi connectivity index (χ4v) is 3.81. The molecular formula is C18H14N4O7S2. The van der Waals surface area contributed by atoms with E-state index in [1.807, 2.05) is 0 Å². The van der Waals surface area contributed by atoms with Crippen LogP contribution in [0.15, 0.2) is 41.3 Å². The van der Waals surface area contributed by atoms with Crippen molar-refractivity contribution in [2.45, 2.75) is 0 Å². The molecule has 0 radical (unpaired) electrons. The third-order valence-corrected chi connectivity index (χ3v) is 5.44. The van der Waals surface area contributed by atoms with Crippen molar-refractivity contribution in [1.82, 2.24) is 5.01 Å². The molecule has 0 spiro atoms. The molecule has 1 saturated heterocycles. The summed E-state index contributed by atoms with van der Waals surface area (Å²) in [5, 5.41) is 23.2. The Balaban J connectivity index is 1.90. The summed E-state index contributed by atoms with van der Waals surface area (Å²) in [6.45, 7) is 0. The van der Waals surface area contributed by atoms with E-state index in [4.69, 9.17) is 21.7 Å². The summed E-state index contributed by atoms with van der Waals surface area (Å²) >= 11 is 6.21. The number of ether oxygens (including phenoxy) is 2. The number of carbonyl (C=O) groups excluding carboxylic acids is 1. The molecule has 1 heterocycles. The SMILES string of the molecule is COc1ccc(C=C2SC(=S)N(Nc3ccc([N+](=O)[O-])cc3[N+](=O)[O-])C2=O)c(OC)c1. The van der Waals surface area contributed by atoms with E-state index in [2.05, 4.69) is 5.43 Å².